The molecule has 32 heavy (non-hydrogen) atoms. The van der Waals surface area contributed by atoms with Gasteiger partial charge in [-0.25, -0.2) is 4.57 Å². The third-order valence-corrected chi connectivity index (χ3v) is 6.69. The lowest BCUT2D eigenvalue weighted by atomic mass is 9.72. The summed E-state index contributed by atoms with van der Waals surface area (Å²) >= 11 is 0. The van der Waals surface area contributed by atoms with Crippen molar-refractivity contribution in [1.29, 1.82) is 0 Å². The lowest BCUT2D eigenvalue weighted by Crippen LogP contribution is -2.41. The Labute approximate surface area is 191 Å². The lowest BCUT2D eigenvalue weighted by molar-refractivity contribution is -0.586. The van der Waals surface area contributed by atoms with Gasteiger partial charge in [0.2, 0.25) is 0 Å². The van der Waals surface area contributed by atoms with E-state index in [-0.39, 0.29) is 10.8 Å². The third kappa shape index (κ3) is 2.90. The minimum atomic E-state index is -0.333. The normalized spacial score (nSPS) is 14.5. The van der Waals surface area contributed by atoms with Gasteiger partial charge in [0.25, 0.3) is 5.82 Å². The Kier molecular flexibility index (Phi) is 4.70. The summed E-state index contributed by atoms with van der Waals surface area (Å²) in [6.07, 6.45) is 4.68. The predicted octanol–water partition coefficient (Wildman–Crippen LogP) is 6.50. The van der Waals surface area contributed by atoms with Gasteiger partial charge in [-0.15, -0.1) is 0 Å². The van der Waals surface area contributed by atoms with Crippen molar-refractivity contribution in [3.8, 4) is 5.69 Å². The Morgan fingerprint density at radius 1 is 0.719 bits per heavy atom. The second kappa shape index (κ2) is 7.34. The van der Waals surface area contributed by atoms with E-state index in [1.807, 2.05) is 0 Å². The van der Waals surface area contributed by atoms with Crippen molar-refractivity contribution in [2.75, 3.05) is 0 Å². The van der Waals surface area contributed by atoms with Crippen molar-refractivity contribution in [1.82, 2.24) is 4.57 Å². The number of nitrogens with zero attached hydrogens (tertiary/aromatic N) is 2. The molecule has 0 aliphatic carbocycles. The van der Waals surface area contributed by atoms with Crippen molar-refractivity contribution in [2.24, 2.45) is 0 Å². The van der Waals surface area contributed by atoms with E-state index in [0.717, 1.165) is 0 Å². The van der Waals surface area contributed by atoms with E-state index >= 15 is 0 Å². The maximum absolute atomic E-state index is 2.48. The average molecular weight is 420 g/mol. The molecule has 2 heteroatoms. The maximum Gasteiger partial charge on any atom is 0.272 e. The van der Waals surface area contributed by atoms with Gasteiger partial charge in [0.15, 0.2) is 11.4 Å². The summed E-state index contributed by atoms with van der Waals surface area (Å²) in [5.41, 5.74) is 7.34. The Morgan fingerprint density at radius 3 is 1.78 bits per heavy atom. The highest BCUT2D eigenvalue weighted by Gasteiger charge is 2.50. The lowest BCUT2D eigenvalue weighted by Gasteiger charge is -2.27. The fourth-order valence-electron chi connectivity index (χ4n) is 5.38. The van der Waals surface area contributed by atoms with Crippen LogP contribution in [0.15, 0.2) is 91.0 Å². The van der Waals surface area contributed by atoms with Crippen LogP contribution in [0.1, 0.15) is 54.7 Å². The van der Waals surface area contributed by atoms with Crippen LogP contribution in [0.5, 0.6) is 0 Å². The van der Waals surface area contributed by atoms with E-state index < -0.39 is 0 Å². The summed E-state index contributed by atoms with van der Waals surface area (Å²) in [7, 11) is 0. The van der Waals surface area contributed by atoms with Crippen LogP contribution < -0.4 is 4.57 Å². The van der Waals surface area contributed by atoms with Crippen LogP contribution >= 0.6 is 0 Å². The number of allylic oxidation sites excluding steroid dienone is 1. The Bertz CT molecular complexity index is 1260. The molecular formula is C30H31N2+. The average Bonchev–Trinajstić information content (AvgIpc) is 3.32. The van der Waals surface area contributed by atoms with Crippen molar-refractivity contribution in [3.05, 3.63) is 125 Å². The standard InChI is InChI=1S/C30H31N2/c1-22-14-12-13-19-26(22)32-23(2)27-30(24-15-8-6-9-16-24,25-17-10-7-11-18-25)20-21-31(27)28(32)29(3,4)5/h6-21H,1-5H3/q+1. The van der Waals surface area contributed by atoms with E-state index in [0.29, 0.717) is 0 Å². The van der Waals surface area contributed by atoms with Crippen LogP contribution in [0.4, 0.5) is 0 Å². The van der Waals surface area contributed by atoms with Crippen molar-refractivity contribution in [2.45, 2.75) is 45.4 Å². The quantitative estimate of drug-likeness (QED) is 0.335. The zero-order chi connectivity index (χ0) is 22.5. The number of para-hydroxylation sites is 1. The van der Waals surface area contributed by atoms with E-state index in [4.69, 9.17) is 0 Å². The molecule has 0 radical (unpaired) electrons. The summed E-state index contributed by atoms with van der Waals surface area (Å²) in [5, 5.41) is 0. The first-order valence-electron chi connectivity index (χ1n) is 11.4. The molecule has 1 aliphatic heterocycles. The monoisotopic (exact) mass is 419 g/mol. The largest absolute Gasteiger partial charge is 0.272 e. The van der Waals surface area contributed by atoms with Crippen LogP contribution in [0.2, 0.25) is 0 Å². The summed E-state index contributed by atoms with van der Waals surface area (Å²) in [6.45, 7) is 11.4. The number of fused-ring (bicyclic) bond motifs is 1. The zero-order valence-electron chi connectivity index (χ0n) is 19.6. The van der Waals surface area contributed by atoms with Gasteiger partial charge in [-0.2, -0.15) is 4.57 Å². The Hall–Kier alpha value is -3.39. The molecule has 0 atom stereocenters. The van der Waals surface area contributed by atoms with Gasteiger partial charge in [-0.3, -0.25) is 0 Å². The molecule has 0 saturated heterocycles. The second-order valence-corrected chi connectivity index (χ2v) is 9.86. The molecule has 5 rings (SSSR count). The van der Waals surface area contributed by atoms with Gasteiger partial charge >= 0.3 is 0 Å². The Morgan fingerprint density at radius 2 is 1.25 bits per heavy atom. The second-order valence-electron chi connectivity index (χ2n) is 9.86. The molecule has 0 spiro atoms. The maximum atomic E-state index is 2.48. The summed E-state index contributed by atoms with van der Waals surface area (Å²) in [6, 6.07) is 30.5. The molecule has 3 aromatic carbocycles. The molecule has 2 heterocycles. The number of hydrogen-bond donors (Lipinski definition) is 0. The first-order chi connectivity index (χ1) is 15.4. The van der Waals surface area contributed by atoms with Crippen LogP contribution in [0.25, 0.3) is 11.9 Å². The third-order valence-electron chi connectivity index (χ3n) is 6.69. The van der Waals surface area contributed by atoms with Crippen LogP contribution in [-0.2, 0) is 10.8 Å². The molecule has 2 nitrogen and oxygen atoms in total. The van der Waals surface area contributed by atoms with Crippen LogP contribution in [0.3, 0.4) is 0 Å². The van der Waals surface area contributed by atoms with Gasteiger partial charge in [0.1, 0.15) is 11.1 Å². The molecule has 0 fully saturated rings. The van der Waals surface area contributed by atoms with Crippen molar-refractivity contribution >= 4 is 6.20 Å². The van der Waals surface area contributed by atoms with E-state index in [1.165, 1.54) is 39.6 Å². The molecule has 4 aromatic rings. The highest BCUT2D eigenvalue weighted by atomic mass is 15.2. The van der Waals surface area contributed by atoms with Crippen molar-refractivity contribution < 1.29 is 4.57 Å². The zero-order valence-corrected chi connectivity index (χ0v) is 19.6. The summed E-state index contributed by atoms with van der Waals surface area (Å²) < 4.78 is 4.93. The summed E-state index contributed by atoms with van der Waals surface area (Å²) in [5.74, 6) is 1.30. The highest BCUT2D eigenvalue weighted by Crippen LogP contribution is 2.45. The van der Waals surface area contributed by atoms with Crippen molar-refractivity contribution in [3.63, 3.8) is 0 Å². The molecule has 0 N–H and O–H groups in total. The number of benzene rings is 3. The number of aromatic nitrogens is 2. The van der Waals surface area contributed by atoms with Crippen LogP contribution in [0, 0.1) is 13.8 Å². The summed E-state index contributed by atoms with van der Waals surface area (Å²) in [4.78, 5) is 0. The molecule has 160 valence electrons. The molecule has 0 saturated carbocycles. The number of rotatable bonds is 3. The molecule has 1 aliphatic rings. The molecule has 0 amide bonds. The minimum absolute atomic E-state index is 0.0426. The molecule has 0 bridgehead atoms. The van der Waals surface area contributed by atoms with Gasteiger partial charge in [0, 0.05) is 6.92 Å². The van der Waals surface area contributed by atoms with Gasteiger partial charge < -0.3 is 0 Å². The number of imidazole rings is 1. The molecular weight excluding hydrogens is 388 g/mol. The first kappa shape index (κ1) is 20.5. The van der Waals surface area contributed by atoms with E-state index in [2.05, 4.69) is 141 Å². The predicted molar refractivity (Wildman–Crippen MR) is 132 cm³/mol. The minimum Gasteiger partial charge on any atom is -0.201 e. The SMILES string of the molecule is Cc1ccccc1-n1c(C)c2[n+](c1C(C)(C)C)C=CC2(c1ccccc1)c1ccccc1. The van der Waals surface area contributed by atoms with E-state index in [9.17, 15) is 0 Å². The van der Waals surface area contributed by atoms with Crippen LogP contribution in [-0.4, -0.2) is 4.57 Å². The smallest absolute Gasteiger partial charge is 0.201 e. The molecule has 1 aromatic heterocycles. The van der Waals surface area contributed by atoms with Gasteiger partial charge in [0.05, 0.1) is 11.6 Å². The highest BCUT2D eigenvalue weighted by molar-refractivity contribution is 5.59. The van der Waals surface area contributed by atoms with Gasteiger partial charge in [-0.1, -0.05) is 78.9 Å². The Balaban J connectivity index is 1.92. The fourth-order valence-corrected chi connectivity index (χ4v) is 5.38. The number of aryl methyl sites for hydroxylation is 1. The topological polar surface area (TPSA) is 8.81 Å². The van der Waals surface area contributed by atoms with E-state index in [1.54, 1.807) is 0 Å². The number of hydrogen-bond acceptors (Lipinski definition) is 0. The molecule has 0 unspecified atom stereocenters. The first-order valence-corrected chi connectivity index (χ1v) is 11.4. The van der Waals surface area contributed by atoms with Gasteiger partial charge in [-0.05, 0) is 56.5 Å². The fraction of sp³-hybridized carbons (Fsp3) is 0.233.